The van der Waals surface area contributed by atoms with Crippen molar-refractivity contribution in [2.24, 2.45) is 5.92 Å². The fourth-order valence-electron chi connectivity index (χ4n) is 3.89. The molecule has 0 aliphatic carbocycles. The number of carboxylic acids is 1. The normalized spacial score (nSPS) is 12.2. The number of carbonyl (C=O) groups is 2. The average Bonchev–Trinajstić information content (AvgIpc) is 2.78. The van der Waals surface area contributed by atoms with E-state index in [1.165, 1.54) is 89.5 Å². The predicted molar refractivity (Wildman–Crippen MR) is 135 cm³/mol. The molecule has 0 saturated carbocycles. The third-order valence-electron chi connectivity index (χ3n) is 5.94. The summed E-state index contributed by atoms with van der Waals surface area (Å²) < 4.78 is 4.89. The van der Waals surface area contributed by atoms with Crippen molar-refractivity contribution in [1.29, 1.82) is 0 Å². The number of carbonyl (C=O) groups excluding carboxylic acids is 1. The van der Waals surface area contributed by atoms with Crippen molar-refractivity contribution in [2.45, 2.75) is 129 Å². The number of unbranched alkanes of at least 4 members (excludes halogenated alkanes) is 15. The summed E-state index contributed by atoms with van der Waals surface area (Å²) in [5.41, 5.74) is 0. The van der Waals surface area contributed by atoms with E-state index in [2.05, 4.69) is 25.7 Å². The van der Waals surface area contributed by atoms with E-state index in [9.17, 15) is 14.7 Å². The number of allylic oxidation sites excluding steroid dienone is 2. The van der Waals surface area contributed by atoms with Gasteiger partial charge in [0.2, 0.25) is 0 Å². The third-order valence-corrected chi connectivity index (χ3v) is 5.94. The van der Waals surface area contributed by atoms with E-state index in [-0.39, 0.29) is 13.0 Å². The summed E-state index contributed by atoms with van der Waals surface area (Å²) in [5.74, 6) is -2.02. The van der Waals surface area contributed by atoms with Gasteiger partial charge in [-0.3, -0.25) is 9.59 Å². The summed E-state index contributed by atoms with van der Waals surface area (Å²) in [5, 5.41) is 9.26. The van der Waals surface area contributed by atoms with Gasteiger partial charge in [0, 0.05) is 0 Å². The van der Waals surface area contributed by atoms with Crippen molar-refractivity contribution in [3.05, 3.63) is 24.8 Å². The highest BCUT2D eigenvalue weighted by Crippen LogP contribution is 2.16. The highest BCUT2D eigenvalue weighted by atomic mass is 16.5. The van der Waals surface area contributed by atoms with Gasteiger partial charge in [0.15, 0.2) is 0 Å². The molecular weight excluding hydrogens is 400 g/mol. The average molecular weight is 451 g/mol. The van der Waals surface area contributed by atoms with E-state index >= 15 is 0 Å². The molecule has 0 radical (unpaired) electrons. The van der Waals surface area contributed by atoms with Crippen LogP contribution in [0.25, 0.3) is 0 Å². The Hall–Kier alpha value is -1.58. The molecule has 0 spiro atoms. The number of ether oxygens (including phenoxy) is 1. The van der Waals surface area contributed by atoms with Crippen molar-refractivity contribution in [3.63, 3.8) is 0 Å². The van der Waals surface area contributed by atoms with Gasteiger partial charge in [-0.2, -0.15) is 0 Å². The molecule has 1 atom stereocenters. The molecular formula is C28H50O4. The van der Waals surface area contributed by atoms with E-state index in [1.54, 1.807) is 0 Å². The zero-order valence-electron chi connectivity index (χ0n) is 20.8. The highest BCUT2D eigenvalue weighted by Gasteiger charge is 2.21. The van der Waals surface area contributed by atoms with Crippen LogP contribution in [0.4, 0.5) is 0 Å². The molecule has 186 valence electrons. The Morgan fingerprint density at radius 1 is 0.781 bits per heavy atom. The van der Waals surface area contributed by atoms with Gasteiger partial charge in [0.05, 0.1) is 12.3 Å². The van der Waals surface area contributed by atoms with Crippen LogP contribution in [-0.2, 0) is 14.3 Å². The molecule has 0 aliphatic rings. The van der Waals surface area contributed by atoms with E-state index in [0.717, 1.165) is 25.7 Å². The summed E-state index contributed by atoms with van der Waals surface area (Å²) in [6.45, 7) is 5.89. The molecule has 0 aliphatic heterocycles. The predicted octanol–water partition coefficient (Wildman–Crippen LogP) is 8.40. The van der Waals surface area contributed by atoms with E-state index in [1.807, 2.05) is 0 Å². The smallest absolute Gasteiger partial charge is 0.307 e. The minimum atomic E-state index is -0.914. The van der Waals surface area contributed by atoms with Gasteiger partial charge < -0.3 is 9.84 Å². The van der Waals surface area contributed by atoms with Gasteiger partial charge in [0.25, 0.3) is 0 Å². The van der Waals surface area contributed by atoms with Gasteiger partial charge in [0.1, 0.15) is 6.61 Å². The third kappa shape index (κ3) is 21.6. The Kier molecular flexibility index (Phi) is 22.9. The van der Waals surface area contributed by atoms with Crippen molar-refractivity contribution in [2.75, 3.05) is 6.61 Å². The molecule has 0 saturated heterocycles. The van der Waals surface area contributed by atoms with E-state index in [4.69, 9.17) is 4.74 Å². The number of aliphatic carboxylic acids is 1. The molecule has 4 heteroatoms. The molecule has 0 rings (SSSR count). The van der Waals surface area contributed by atoms with Crippen molar-refractivity contribution in [3.8, 4) is 0 Å². The van der Waals surface area contributed by atoms with Crippen LogP contribution < -0.4 is 0 Å². The minimum absolute atomic E-state index is 0.0534. The molecule has 0 aromatic heterocycles. The maximum absolute atomic E-state index is 11.6. The Bertz CT molecular complexity index is 484. The molecule has 0 amide bonds. The number of rotatable bonds is 24. The second-order valence-corrected chi connectivity index (χ2v) is 9.00. The zero-order chi connectivity index (χ0) is 23.7. The van der Waals surface area contributed by atoms with E-state index in [0.29, 0.717) is 6.42 Å². The first-order valence-electron chi connectivity index (χ1n) is 13.3. The van der Waals surface area contributed by atoms with Crippen LogP contribution in [0.5, 0.6) is 0 Å². The first-order chi connectivity index (χ1) is 15.6. The number of esters is 1. The standard InChI is InChI=1S/C28H50O4/c1-3-5-6-7-8-9-10-11-12-13-14-15-16-17-18-19-20-21-22-23-26(28(30)31)25-27(29)32-24-4-2/h4,17-18,26H,2-3,5-16,19-25H2,1H3,(H,30,31)/b18-17+. The topological polar surface area (TPSA) is 63.6 Å². The van der Waals surface area contributed by atoms with Gasteiger partial charge >= 0.3 is 11.9 Å². The highest BCUT2D eigenvalue weighted by molar-refractivity contribution is 5.78. The van der Waals surface area contributed by atoms with Gasteiger partial charge in [-0.25, -0.2) is 0 Å². The lowest BCUT2D eigenvalue weighted by Gasteiger charge is -2.11. The Morgan fingerprint density at radius 2 is 1.25 bits per heavy atom. The molecule has 32 heavy (non-hydrogen) atoms. The van der Waals surface area contributed by atoms with Crippen LogP contribution in [0, 0.1) is 5.92 Å². The molecule has 0 aromatic rings. The first-order valence-corrected chi connectivity index (χ1v) is 13.3. The van der Waals surface area contributed by atoms with Crippen LogP contribution in [0.3, 0.4) is 0 Å². The van der Waals surface area contributed by atoms with Crippen LogP contribution in [0.15, 0.2) is 24.8 Å². The summed E-state index contributed by atoms with van der Waals surface area (Å²) in [6, 6.07) is 0. The lowest BCUT2D eigenvalue weighted by atomic mass is 9.97. The molecule has 1 N–H and O–H groups in total. The number of hydrogen-bond donors (Lipinski definition) is 1. The number of hydrogen-bond acceptors (Lipinski definition) is 3. The van der Waals surface area contributed by atoms with Gasteiger partial charge in [-0.15, -0.1) is 0 Å². The second kappa shape index (κ2) is 24.1. The minimum Gasteiger partial charge on any atom is -0.481 e. The SMILES string of the molecule is C=CCOC(=O)CC(CCCCC/C=C/CCCCCCCCCCCCCC)C(=O)O. The summed E-state index contributed by atoms with van der Waals surface area (Å²) in [4.78, 5) is 22.9. The fourth-order valence-corrected chi connectivity index (χ4v) is 3.89. The van der Waals surface area contributed by atoms with Crippen molar-refractivity contribution < 1.29 is 19.4 Å². The lowest BCUT2D eigenvalue weighted by molar-refractivity contribution is -0.151. The Morgan fingerprint density at radius 3 is 1.72 bits per heavy atom. The zero-order valence-corrected chi connectivity index (χ0v) is 20.8. The van der Waals surface area contributed by atoms with Gasteiger partial charge in [-0.05, 0) is 32.1 Å². The van der Waals surface area contributed by atoms with E-state index < -0.39 is 17.9 Å². The Balaban J connectivity index is 3.46. The first kappa shape index (κ1) is 30.4. The fraction of sp³-hybridized carbons (Fsp3) is 0.786. The summed E-state index contributed by atoms with van der Waals surface area (Å²) in [6.07, 6.45) is 28.3. The maximum atomic E-state index is 11.6. The van der Waals surface area contributed by atoms with Crippen LogP contribution >= 0.6 is 0 Å². The van der Waals surface area contributed by atoms with Crippen molar-refractivity contribution in [1.82, 2.24) is 0 Å². The molecule has 1 unspecified atom stereocenters. The van der Waals surface area contributed by atoms with Crippen LogP contribution in [-0.4, -0.2) is 23.7 Å². The monoisotopic (exact) mass is 450 g/mol. The number of carboxylic acid groups (broad SMARTS) is 1. The Labute approximate surface area is 197 Å². The molecule has 0 fully saturated rings. The van der Waals surface area contributed by atoms with Crippen molar-refractivity contribution >= 4 is 11.9 Å². The van der Waals surface area contributed by atoms with Gasteiger partial charge in [-0.1, -0.05) is 115 Å². The largest absolute Gasteiger partial charge is 0.481 e. The second-order valence-electron chi connectivity index (χ2n) is 9.00. The summed E-state index contributed by atoms with van der Waals surface area (Å²) >= 11 is 0. The molecule has 4 nitrogen and oxygen atoms in total. The maximum Gasteiger partial charge on any atom is 0.307 e. The summed E-state index contributed by atoms with van der Waals surface area (Å²) in [7, 11) is 0. The molecule has 0 bridgehead atoms. The van der Waals surface area contributed by atoms with Crippen LogP contribution in [0.2, 0.25) is 0 Å². The quantitative estimate of drug-likeness (QED) is 0.0910. The molecule has 0 heterocycles. The van der Waals surface area contributed by atoms with Crippen LogP contribution in [0.1, 0.15) is 129 Å². The molecule has 0 aromatic carbocycles. The lowest BCUT2D eigenvalue weighted by Crippen LogP contribution is -2.19.